The maximum atomic E-state index is 3.58. The minimum Gasteiger partial charge on any atom is -0.382 e. The maximum Gasteiger partial charge on any atom is 0.0377 e. The second-order valence-electron chi connectivity index (χ2n) is 3.97. The molecule has 1 aliphatic rings. The first-order valence-electron chi connectivity index (χ1n) is 5.16. The van der Waals surface area contributed by atoms with Gasteiger partial charge in [0.05, 0.1) is 0 Å². The summed E-state index contributed by atoms with van der Waals surface area (Å²) in [6.45, 7) is 4.57. The molecule has 0 amide bonds. The van der Waals surface area contributed by atoms with Crippen molar-refractivity contribution in [3.63, 3.8) is 0 Å². The molecule has 0 spiro atoms. The van der Waals surface area contributed by atoms with Gasteiger partial charge in [-0.25, -0.2) is 0 Å². The van der Waals surface area contributed by atoms with Crippen LogP contribution in [0.2, 0.25) is 0 Å². The van der Waals surface area contributed by atoms with E-state index in [4.69, 9.17) is 0 Å². The molecule has 0 aromatic heterocycles. The second kappa shape index (κ2) is 3.41. The molecule has 2 unspecified atom stereocenters. The van der Waals surface area contributed by atoms with Gasteiger partial charge in [0.2, 0.25) is 0 Å². The molecule has 0 saturated carbocycles. The van der Waals surface area contributed by atoms with Crippen LogP contribution in [0.3, 0.4) is 0 Å². The molecule has 1 nitrogen and oxygen atoms in total. The van der Waals surface area contributed by atoms with Crippen LogP contribution in [0.4, 0.5) is 5.69 Å². The molecule has 2 rings (SSSR count). The Hall–Kier alpha value is -0.980. The van der Waals surface area contributed by atoms with Gasteiger partial charge in [-0.15, -0.1) is 0 Å². The molecule has 1 heteroatoms. The zero-order valence-corrected chi connectivity index (χ0v) is 8.38. The van der Waals surface area contributed by atoms with Crippen molar-refractivity contribution in [1.82, 2.24) is 0 Å². The largest absolute Gasteiger partial charge is 0.382 e. The summed E-state index contributed by atoms with van der Waals surface area (Å²) in [4.78, 5) is 0. The highest BCUT2D eigenvalue weighted by Gasteiger charge is 2.21. The summed E-state index contributed by atoms with van der Waals surface area (Å²) < 4.78 is 0. The second-order valence-corrected chi connectivity index (χ2v) is 3.97. The Morgan fingerprint density at radius 3 is 2.92 bits per heavy atom. The van der Waals surface area contributed by atoms with E-state index < -0.39 is 0 Å². The van der Waals surface area contributed by atoms with E-state index in [1.165, 1.54) is 24.1 Å². The van der Waals surface area contributed by atoms with E-state index in [9.17, 15) is 0 Å². The number of hydrogen-bond acceptors (Lipinski definition) is 1. The van der Waals surface area contributed by atoms with Gasteiger partial charge in [0, 0.05) is 11.7 Å². The molecular weight excluding hydrogens is 158 g/mol. The third-order valence-electron chi connectivity index (χ3n) is 2.98. The standard InChI is InChI=1S/C12H17N/c1-3-10-8-9(2)11-6-4-5-7-12(11)13-10/h4-7,9-10,13H,3,8H2,1-2H3. The molecular formula is C12H17N. The van der Waals surface area contributed by atoms with E-state index in [1.807, 2.05) is 0 Å². The predicted molar refractivity (Wildman–Crippen MR) is 57.2 cm³/mol. The Labute approximate surface area is 80.2 Å². The molecule has 0 saturated heterocycles. The third kappa shape index (κ3) is 1.55. The lowest BCUT2D eigenvalue weighted by Gasteiger charge is -2.30. The minimum absolute atomic E-state index is 0.671. The first kappa shape index (κ1) is 8.61. The van der Waals surface area contributed by atoms with Crippen LogP contribution in [0.25, 0.3) is 0 Å². The van der Waals surface area contributed by atoms with Crippen molar-refractivity contribution in [3.05, 3.63) is 29.8 Å². The lowest BCUT2D eigenvalue weighted by Crippen LogP contribution is -2.26. The van der Waals surface area contributed by atoms with Crippen LogP contribution >= 0.6 is 0 Å². The molecule has 1 aromatic rings. The molecule has 70 valence electrons. The van der Waals surface area contributed by atoms with E-state index in [2.05, 4.69) is 43.4 Å². The number of benzene rings is 1. The Kier molecular flexibility index (Phi) is 2.26. The highest BCUT2D eigenvalue weighted by molar-refractivity contribution is 5.55. The van der Waals surface area contributed by atoms with E-state index in [-0.39, 0.29) is 0 Å². The number of para-hydroxylation sites is 1. The molecule has 0 bridgehead atoms. The molecule has 2 atom stereocenters. The molecule has 1 heterocycles. The van der Waals surface area contributed by atoms with Crippen LogP contribution in [0, 0.1) is 0 Å². The van der Waals surface area contributed by atoms with Gasteiger partial charge in [0.15, 0.2) is 0 Å². The highest BCUT2D eigenvalue weighted by Crippen LogP contribution is 2.34. The Balaban J connectivity index is 2.31. The van der Waals surface area contributed by atoms with Crippen LogP contribution in [-0.2, 0) is 0 Å². The Bertz CT molecular complexity index is 293. The van der Waals surface area contributed by atoms with Gasteiger partial charge < -0.3 is 5.32 Å². The van der Waals surface area contributed by atoms with Gasteiger partial charge in [-0.05, 0) is 30.4 Å². The van der Waals surface area contributed by atoms with Crippen LogP contribution in [0.5, 0.6) is 0 Å². The Morgan fingerprint density at radius 2 is 2.15 bits per heavy atom. The topological polar surface area (TPSA) is 12.0 Å². The molecule has 13 heavy (non-hydrogen) atoms. The minimum atomic E-state index is 0.671. The smallest absolute Gasteiger partial charge is 0.0377 e. The van der Waals surface area contributed by atoms with Crippen LogP contribution in [-0.4, -0.2) is 6.04 Å². The van der Waals surface area contributed by atoms with Crippen molar-refractivity contribution >= 4 is 5.69 Å². The molecule has 1 N–H and O–H groups in total. The Morgan fingerprint density at radius 1 is 1.38 bits per heavy atom. The fourth-order valence-electron chi connectivity index (χ4n) is 2.16. The monoisotopic (exact) mass is 175 g/mol. The summed E-state index contributed by atoms with van der Waals surface area (Å²) in [6.07, 6.45) is 2.49. The number of hydrogen-bond donors (Lipinski definition) is 1. The lowest BCUT2D eigenvalue weighted by molar-refractivity contribution is 0.547. The van der Waals surface area contributed by atoms with E-state index in [0.29, 0.717) is 12.0 Å². The molecule has 0 radical (unpaired) electrons. The lowest BCUT2D eigenvalue weighted by atomic mass is 9.88. The van der Waals surface area contributed by atoms with Gasteiger partial charge in [0.1, 0.15) is 0 Å². The summed E-state index contributed by atoms with van der Waals surface area (Å²) in [5, 5.41) is 3.58. The van der Waals surface area contributed by atoms with Crippen molar-refractivity contribution in [2.75, 3.05) is 5.32 Å². The number of rotatable bonds is 1. The number of fused-ring (bicyclic) bond motifs is 1. The fraction of sp³-hybridized carbons (Fsp3) is 0.500. The molecule has 1 aromatic carbocycles. The average molecular weight is 175 g/mol. The SMILES string of the molecule is CCC1CC(C)c2ccccc2N1. The van der Waals surface area contributed by atoms with Crippen molar-refractivity contribution in [2.45, 2.75) is 38.6 Å². The van der Waals surface area contributed by atoms with Crippen LogP contribution in [0.15, 0.2) is 24.3 Å². The van der Waals surface area contributed by atoms with Gasteiger partial charge in [-0.3, -0.25) is 0 Å². The highest BCUT2D eigenvalue weighted by atomic mass is 14.9. The zero-order chi connectivity index (χ0) is 9.26. The first-order chi connectivity index (χ1) is 6.31. The maximum absolute atomic E-state index is 3.58. The van der Waals surface area contributed by atoms with Gasteiger partial charge in [-0.2, -0.15) is 0 Å². The van der Waals surface area contributed by atoms with Crippen molar-refractivity contribution in [1.29, 1.82) is 0 Å². The van der Waals surface area contributed by atoms with Crippen molar-refractivity contribution < 1.29 is 0 Å². The average Bonchev–Trinajstić information content (AvgIpc) is 2.18. The summed E-state index contributed by atoms with van der Waals surface area (Å²) in [5.41, 5.74) is 2.82. The number of anilines is 1. The van der Waals surface area contributed by atoms with Gasteiger partial charge in [-0.1, -0.05) is 32.0 Å². The first-order valence-corrected chi connectivity index (χ1v) is 5.16. The molecule has 1 aliphatic heterocycles. The van der Waals surface area contributed by atoms with E-state index >= 15 is 0 Å². The molecule has 0 fully saturated rings. The van der Waals surface area contributed by atoms with Crippen LogP contribution < -0.4 is 5.32 Å². The predicted octanol–water partition coefficient (Wildman–Crippen LogP) is 3.38. The third-order valence-corrected chi connectivity index (χ3v) is 2.98. The van der Waals surface area contributed by atoms with Gasteiger partial charge >= 0.3 is 0 Å². The quantitative estimate of drug-likeness (QED) is 0.690. The number of nitrogens with one attached hydrogen (secondary N) is 1. The van der Waals surface area contributed by atoms with Gasteiger partial charge in [0.25, 0.3) is 0 Å². The fourth-order valence-corrected chi connectivity index (χ4v) is 2.16. The summed E-state index contributed by atoms with van der Waals surface area (Å²) in [6, 6.07) is 9.33. The normalized spacial score (nSPS) is 26.3. The molecule has 0 aliphatic carbocycles. The van der Waals surface area contributed by atoms with E-state index in [0.717, 1.165) is 0 Å². The summed E-state index contributed by atoms with van der Waals surface area (Å²) in [7, 11) is 0. The summed E-state index contributed by atoms with van der Waals surface area (Å²) >= 11 is 0. The van der Waals surface area contributed by atoms with E-state index in [1.54, 1.807) is 0 Å². The van der Waals surface area contributed by atoms with Crippen molar-refractivity contribution in [3.8, 4) is 0 Å². The van der Waals surface area contributed by atoms with Crippen molar-refractivity contribution in [2.24, 2.45) is 0 Å². The summed E-state index contributed by atoms with van der Waals surface area (Å²) in [5.74, 6) is 0.711. The van der Waals surface area contributed by atoms with Crippen LogP contribution in [0.1, 0.15) is 38.2 Å². The zero-order valence-electron chi connectivity index (χ0n) is 8.38.